The third-order valence-electron chi connectivity index (χ3n) is 7.23. The van der Waals surface area contributed by atoms with Gasteiger partial charge in [-0.25, -0.2) is 0 Å². The zero-order valence-electron chi connectivity index (χ0n) is 17.0. The zero-order valence-corrected chi connectivity index (χ0v) is 17.0. The molecule has 0 aromatic carbocycles. The molecule has 1 saturated carbocycles. The minimum atomic E-state index is -0.0345. The Balaban J connectivity index is 1.68. The van der Waals surface area contributed by atoms with Crippen LogP contribution in [0, 0.1) is 6.92 Å². The highest BCUT2D eigenvalue weighted by Crippen LogP contribution is 2.44. The monoisotopic (exact) mass is 372 g/mol. The summed E-state index contributed by atoms with van der Waals surface area (Å²) in [7, 11) is 2.16. The Morgan fingerprint density at radius 1 is 1.22 bits per heavy atom. The number of carbonyl (C=O) groups excluding carboxylic acids is 2. The van der Waals surface area contributed by atoms with Gasteiger partial charge in [0.25, 0.3) is 5.91 Å². The van der Waals surface area contributed by atoms with Gasteiger partial charge in [-0.1, -0.05) is 26.2 Å². The van der Waals surface area contributed by atoms with E-state index in [1.807, 2.05) is 6.92 Å². The SMILES string of the molecule is CCN(C)[C@H]1CN(C(=O)c2oc3c(c2C)C(=O)CCC3)C2(CCCCC2)C1. The molecule has 4 rings (SSSR count). The fourth-order valence-electron chi connectivity index (χ4n) is 5.53. The van der Waals surface area contributed by atoms with Crippen molar-refractivity contribution in [3.63, 3.8) is 0 Å². The maximum Gasteiger partial charge on any atom is 0.290 e. The number of aryl methyl sites for hydroxylation is 1. The molecule has 1 atom stereocenters. The Morgan fingerprint density at radius 3 is 2.63 bits per heavy atom. The van der Waals surface area contributed by atoms with Crippen molar-refractivity contribution < 1.29 is 14.0 Å². The van der Waals surface area contributed by atoms with E-state index in [9.17, 15) is 9.59 Å². The quantitative estimate of drug-likeness (QED) is 0.805. The van der Waals surface area contributed by atoms with E-state index in [-0.39, 0.29) is 17.2 Å². The molecule has 3 aliphatic rings. The second-order valence-corrected chi connectivity index (χ2v) is 8.76. The molecule has 1 saturated heterocycles. The average Bonchev–Trinajstić information content (AvgIpc) is 3.20. The Bertz CT molecular complexity index is 745. The molecule has 0 bridgehead atoms. The number of nitrogens with zero attached hydrogens (tertiary/aromatic N) is 2. The van der Waals surface area contributed by atoms with Gasteiger partial charge in [-0.3, -0.25) is 9.59 Å². The molecule has 0 unspecified atom stereocenters. The van der Waals surface area contributed by atoms with Crippen LogP contribution in [0.25, 0.3) is 0 Å². The molecule has 148 valence electrons. The molecule has 1 aromatic heterocycles. The summed E-state index contributed by atoms with van der Waals surface area (Å²) in [6.45, 7) is 5.82. The first kappa shape index (κ1) is 18.7. The first-order chi connectivity index (χ1) is 13.0. The number of likely N-dealkylation sites (tertiary alicyclic amines) is 1. The van der Waals surface area contributed by atoms with Crippen LogP contribution in [0.4, 0.5) is 0 Å². The number of likely N-dealkylation sites (N-methyl/N-ethyl adjacent to an activating group) is 1. The van der Waals surface area contributed by atoms with Crippen LogP contribution >= 0.6 is 0 Å². The van der Waals surface area contributed by atoms with E-state index in [0.29, 0.717) is 23.8 Å². The van der Waals surface area contributed by atoms with Crippen molar-refractivity contribution in [3.05, 3.63) is 22.6 Å². The summed E-state index contributed by atoms with van der Waals surface area (Å²) < 4.78 is 6.01. The highest BCUT2D eigenvalue weighted by atomic mass is 16.4. The van der Waals surface area contributed by atoms with Gasteiger partial charge in [0.2, 0.25) is 0 Å². The molecule has 1 aliphatic heterocycles. The summed E-state index contributed by atoms with van der Waals surface area (Å²) in [6, 6.07) is 0.406. The van der Waals surface area contributed by atoms with Crippen LogP contribution in [0.1, 0.15) is 90.5 Å². The fraction of sp³-hybridized carbons (Fsp3) is 0.727. The van der Waals surface area contributed by atoms with E-state index in [2.05, 4.69) is 23.8 Å². The smallest absolute Gasteiger partial charge is 0.290 e. The number of Topliss-reactive ketones (excluding diaryl/α,β-unsaturated/α-hetero) is 1. The lowest BCUT2D eigenvalue weighted by Gasteiger charge is -2.41. The summed E-state index contributed by atoms with van der Waals surface area (Å²) >= 11 is 0. The second kappa shape index (κ2) is 7.08. The first-order valence-corrected chi connectivity index (χ1v) is 10.6. The third-order valence-corrected chi connectivity index (χ3v) is 7.23. The molecule has 0 N–H and O–H groups in total. The van der Waals surface area contributed by atoms with Crippen molar-refractivity contribution >= 4 is 11.7 Å². The Labute approximate surface area is 162 Å². The maximum absolute atomic E-state index is 13.6. The van der Waals surface area contributed by atoms with E-state index in [0.717, 1.165) is 56.5 Å². The van der Waals surface area contributed by atoms with Gasteiger partial charge in [0.1, 0.15) is 5.76 Å². The van der Waals surface area contributed by atoms with Crippen LogP contribution in [-0.4, -0.2) is 53.2 Å². The Kier molecular flexibility index (Phi) is 4.91. The average molecular weight is 373 g/mol. The van der Waals surface area contributed by atoms with Crippen LogP contribution in [0.5, 0.6) is 0 Å². The van der Waals surface area contributed by atoms with Crippen molar-refractivity contribution in [1.82, 2.24) is 9.80 Å². The molecule has 2 heterocycles. The van der Waals surface area contributed by atoms with Gasteiger partial charge in [-0.2, -0.15) is 0 Å². The Morgan fingerprint density at radius 2 is 1.96 bits per heavy atom. The molecular formula is C22H32N2O3. The third kappa shape index (κ3) is 3.04. The van der Waals surface area contributed by atoms with Gasteiger partial charge < -0.3 is 14.2 Å². The Hall–Kier alpha value is -1.62. The first-order valence-electron chi connectivity index (χ1n) is 10.6. The van der Waals surface area contributed by atoms with E-state index in [1.54, 1.807) is 0 Å². The highest BCUT2D eigenvalue weighted by Gasteiger charge is 2.50. The number of amides is 1. The molecule has 2 fully saturated rings. The summed E-state index contributed by atoms with van der Waals surface area (Å²) in [6.07, 6.45) is 9.04. The lowest BCUT2D eigenvalue weighted by atomic mass is 9.79. The largest absolute Gasteiger partial charge is 0.455 e. The van der Waals surface area contributed by atoms with E-state index < -0.39 is 0 Å². The number of hydrogen-bond acceptors (Lipinski definition) is 4. The van der Waals surface area contributed by atoms with Gasteiger partial charge in [-0.15, -0.1) is 0 Å². The maximum atomic E-state index is 13.6. The normalized spacial score (nSPS) is 24.7. The minimum absolute atomic E-state index is 0.00334. The number of ketones is 1. The van der Waals surface area contributed by atoms with Gasteiger partial charge >= 0.3 is 0 Å². The molecule has 1 aromatic rings. The minimum Gasteiger partial charge on any atom is -0.455 e. The van der Waals surface area contributed by atoms with Crippen molar-refractivity contribution in [3.8, 4) is 0 Å². The van der Waals surface area contributed by atoms with Crippen LogP contribution in [0.2, 0.25) is 0 Å². The van der Waals surface area contributed by atoms with Crippen LogP contribution in [0.15, 0.2) is 4.42 Å². The van der Waals surface area contributed by atoms with Gasteiger partial charge in [0, 0.05) is 36.5 Å². The molecule has 1 spiro atoms. The summed E-state index contributed by atoms with van der Waals surface area (Å²) in [4.78, 5) is 30.5. The van der Waals surface area contributed by atoms with Crippen molar-refractivity contribution in [2.75, 3.05) is 20.1 Å². The molecule has 27 heavy (non-hydrogen) atoms. The number of furan rings is 1. The van der Waals surface area contributed by atoms with Crippen LogP contribution < -0.4 is 0 Å². The van der Waals surface area contributed by atoms with Gasteiger partial charge in [-0.05, 0) is 46.2 Å². The number of rotatable bonds is 3. The van der Waals surface area contributed by atoms with E-state index >= 15 is 0 Å². The zero-order chi connectivity index (χ0) is 19.2. The van der Waals surface area contributed by atoms with Crippen LogP contribution in [0.3, 0.4) is 0 Å². The van der Waals surface area contributed by atoms with Crippen molar-refractivity contribution in [2.45, 2.75) is 83.2 Å². The fourth-order valence-corrected chi connectivity index (χ4v) is 5.53. The topological polar surface area (TPSA) is 53.8 Å². The second-order valence-electron chi connectivity index (χ2n) is 8.76. The van der Waals surface area contributed by atoms with Gasteiger partial charge in [0.05, 0.1) is 5.56 Å². The summed E-state index contributed by atoms with van der Waals surface area (Å²) in [5.74, 6) is 1.28. The molecular weight excluding hydrogens is 340 g/mol. The van der Waals surface area contributed by atoms with E-state index in [4.69, 9.17) is 4.42 Å². The summed E-state index contributed by atoms with van der Waals surface area (Å²) in [5.41, 5.74) is 1.41. The number of carbonyl (C=O) groups is 2. The van der Waals surface area contributed by atoms with Crippen LogP contribution in [-0.2, 0) is 6.42 Å². The lowest BCUT2D eigenvalue weighted by Crippen LogP contribution is -2.48. The lowest BCUT2D eigenvalue weighted by molar-refractivity contribution is 0.0465. The molecule has 2 aliphatic carbocycles. The number of fused-ring (bicyclic) bond motifs is 1. The predicted molar refractivity (Wildman–Crippen MR) is 104 cm³/mol. The van der Waals surface area contributed by atoms with Crippen molar-refractivity contribution in [1.29, 1.82) is 0 Å². The molecule has 5 nitrogen and oxygen atoms in total. The standard InChI is InChI=1S/C22H32N2O3/c1-4-23(3)16-13-22(11-6-5-7-12-22)24(14-16)21(26)20-15(2)19-17(25)9-8-10-18(19)27-20/h16H,4-14H2,1-3H3/t16-/m1/s1. The van der Waals surface area contributed by atoms with Gasteiger partial charge in [0.15, 0.2) is 11.5 Å². The van der Waals surface area contributed by atoms with Crippen molar-refractivity contribution in [2.24, 2.45) is 0 Å². The molecule has 1 amide bonds. The predicted octanol–water partition coefficient (Wildman–Crippen LogP) is 3.98. The molecule has 5 heteroatoms. The highest BCUT2D eigenvalue weighted by molar-refractivity contribution is 6.03. The summed E-state index contributed by atoms with van der Waals surface area (Å²) in [5, 5.41) is 0. The van der Waals surface area contributed by atoms with E-state index in [1.165, 1.54) is 19.3 Å². The number of hydrogen-bond donors (Lipinski definition) is 0. The molecule has 0 radical (unpaired) electrons.